The molecule has 0 aromatic heterocycles. The molecule has 0 heterocycles. The van der Waals surface area contributed by atoms with Crippen molar-refractivity contribution in [1.29, 1.82) is 0 Å². The molecule has 2 atom stereocenters. The molecule has 0 aliphatic carbocycles. The van der Waals surface area contributed by atoms with Gasteiger partial charge in [0.2, 0.25) is 5.91 Å². The number of halogens is 4. The molecule has 0 spiro atoms. The second-order valence-electron chi connectivity index (χ2n) is 5.45. The van der Waals surface area contributed by atoms with Gasteiger partial charge in [-0.3, -0.25) is 4.79 Å². The first-order valence-corrected chi connectivity index (χ1v) is 8.88. The monoisotopic (exact) mass is 387 g/mol. The van der Waals surface area contributed by atoms with Crippen LogP contribution in [0.4, 0.5) is 13.2 Å². The number of benzene rings is 2. The van der Waals surface area contributed by atoms with Crippen molar-refractivity contribution in [1.82, 2.24) is 5.32 Å². The summed E-state index contributed by atoms with van der Waals surface area (Å²) in [6, 6.07) is 16.7. The van der Waals surface area contributed by atoms with Crippen LogP contribution >= 0.6 is 23.4 Å². The minimum absolute atomic E-state index is 0.190. The highest BCUT2D eigenvalue weighted by atomic mass is 35.5. The first kappa shape index (κ1) is 19.7. The molecule has 2 aromatic carbocycles. The predicted molar refractivity (Wildman–Crippen MR) is 95.9 cm³/mol. The Kier molecular flexibility index (Phi) is 6.79. The van der Waals surface area contributed by atoms with Gasteiger partial charge in [-0.1, -0.05) is 54.1 Å². The standard InChI is InChI=1S/C18H17ClF3NOS/c1-12(17(24)23-11-18(20,21)22)25-16(13-5-3-2-4-6-13)14-7-9-15(19)10-8-14/h2-10,12,16H,11H2,1H3,(H,23,24). The van der Waals surface area contributed by atoms with Gasteiger partial charge in [0.1, 0.15) is 6.54 Å². The van der Waals surface area contributed by atoms with E-state index in [1.165, 1.54) is 11.8 Å². The minimum atomic E-state index is -4.42. The highest BCUT2D eigenvalue weighted by Crippen LogP contribution is 2.38. The number of carbonyl (C=O) groups excluding carboxylic acids is 1. The smallest absolute Gasteiger partial charge is 0.346 e. The van der Waals surface area contributed by atoms with Gasteiger partial charge in [-0.25, -0.2) is 0 Å². The lowest BCUT2D eigenvalue weighted by atomic mass is 10.0. The number of carbonyl (C=O) groups is 1. The Balaban J connectivity index is 2.16. The normalized spacial score (nSPS) is 14.0. The molecule has 0 saturated carbocycles. The summed E-state index contributed by atoms with van der Waals surface area (Å²) in [6.45, 7) is 0.274. The molecule has 0 saturated heterocycles. The molecule has 0 radical (unpaired) electrons. The molecule has 0 fully saturated rings. The van der Waals surface area contributed by atoms with E-state index < -0.39 is 23.9 Å². The zero-order valence-corrected chi connectivity index (χ0v) is 15.0. The molecule has 0 aliphatic heterocycles. The summed E-state index contributed by atoms with van der Waals surface area (Å²) in [7, 11) is 0. The highest BCUT2D eigenvalue weighted by Gasteiger charge is 2.29. The van der Waals surface area contributed by atoms with E-state index >= 15 is 0 Å². The Hall–Kier alpha value is -1.66. The van der Waals surface area contributed by atoms with Crippen LogP contribution in [-0.2, 0) is 4.79 Å². The summed E-state index contributed by atoms with van der Waals surface area (Å²) in [5.74, 6) is -0.641. The van der Waals surface area contributed by atoms with Gasteiger partial charge in [-0.2, -0.15) is 13.2 Å². The lowest BCUT2D eigenvalue weighted by molar-refractivity contribution is -0.137. The minimum Gasteiger partial charge on any atom is -0.346 e. The topological polar surface area (TPSA) is 29.1 Å². The van der Waals surface area contributed by atoms with Gasteiger partial charge in [-0.05, 0) is 30.2 Å². The summed E-state index contributed by atoms with van der Waals surface area (Å²) in [5.41, 5.74) is 1.89. The van der Waals surface area contributed by atoms with Crippen molar-refractivity contribution in [2.45, 2.75) is 23.6 Å². The fraction of sp³-hybridized carbons (Fsp3) is 0.278. The summed E-state index contributed by atoms with van der Waals surface area (Å²) in [6.07, 6.45) is -4.42. The number of alkyl halides is 3. The van der Waals surface area contributed by atoms with E-state index in [0.717, 1.165) is 11.1 Å². The molecule has 2 unspecified atom stereocenters. The number of hydrogen-bond donors (Lipinski definition) is 1. The van der Waals surface area contributed by atoms with Gasteiger partial charge < -0.3 is 5.32 Å². The molecule has 1 amide bonds. The fourth-order valence-corrected chi connectivity index (χ4v) is 3.58. The van der Waals surface area contributed by atoms with E-state index in [-0.39, 0.29) is 5.25 Å². The zero-order chi connectivity index (χ0) is 18.4. The molecule has 1 N–H and O–H groups in total. The fourth-order valence-electron chi connectivity index (χ4n) is 2.21. The van der Waals surface area contributed by atoms with Crippen LogP contribution in [0.3, 0.4) is 0 Å². The third-order valence-electron chi connectivity index (χ3n) is 3.45. The molecule has 134 valence electrons. The first-order chi connectivity index (χ1) is 11.8. The second kappa shape index (κ2) is 8.63. The average molecular weight is 388 g/mol. The van der Waals surface area contributed by atoms with Crippen LogP contribution in [-0.4, -0.2) is 23.9 Å². The molecule has 2 aromatic rings. The third kappa shape index (κ3) is 6.29. The lowest BCUT2D eigenvalue weighted by Gasteiger charge is -2.22. The molecule has 2 rings (SSSR count). The van der Waals surface area contributed by atoms with Crippen LogP contribution < -0.4 is 5.32 Å². The van der Waals surface area contributed by atoms with Crippen LogP contribution in [0.25, 0.3) is 0 Å². The van der Waals surface area contributed by atoms with Gasteiger partial charge in [-0.15, -0.1) is 11.8 Å². The largest absolute Gasteiger partial charge is 0.405 e. The van der Waals surface area contributed by atoms with Crippen molar-refractivity contribution >= 4 is 29.3 Å². The first-order valence-electron chi connectivity index (χ1n) is 7.56. The van der Waals surface area contributed by atoms with E-state index in [1.54, 1.807) is 19.1 Å². The second-order valence-corrected chi connectivity index (χ2v) is 7.34. The van der Waals surface area contributed by atoms with E-state index in [1.807, 2.05) is 47.8 Å². The van der Waals surface area contributed by atoms with Crippen LogP contribution in [0.2, 0.25) is 5.02 Å². The summed E-state index contributed by atoms with van der Waals surface area (Å²) >= 11 is 7.22. The number of amides is 1. The van der Waals surface area contributed by atoms with E-state index in [4.69, 9.17) is 11.6 Å². The number of hydrogen-bond acceptors (Lipinski definition) is 2. The van der Waals surface area contributed by atoms with Gasteiger partial charge >= 0.3 is 6.18 Å². The molecule has 2 nitrogen and oxygen atoms in total. The van der Waals surface area contributed by atoms with Gasteiger partial charge in [0.25, 0.3) is 0 Å². The third-order valence-corrected chi connectivity index (χ3v) is 5.14. The maximum Gasteiger partial charge on any atom is 0.405 e. The lowest BCUT2D eigenvalue weighted by Crippen LogP contribution is -2.38. The Morgan fingerprint density at radius 2 is 1.64 bits per heavy atom. The summed E-state index contributed by atoms with van der Waals surface area (Å²) in [5, 5.41) is 1.69. The molecular weight excluding hydrogens is 371 g/mol. The molecular formula is C18H17ClF3NOS. The van der Waals surface area contributed by atoms with E-state index in [0.29, 0.717) is 5.02 Å². The van der Waals surface area contributed by atoms with Crippen LogP contribution in [0, 0.1) is 0 Å². The Morgan fingerprint density at radius 1 is 1.08 bits per heavy atom. The maximum atomic E-state index is 12.3. The molecule has 0 bridgehead atoms. The van der Waals surface area contributed by atoms with Gasteiger partial charge in [0.05, 0.1) is 10.5 Å². The molecule has 0 aliphatic rings. The van der Waals surface area contributed by atoms with Crippen molar-refractivity contribution in [3.05, 3.63) is 70.7 Å². The number of nitrogens with one attached hydrogen (secondary N) is 1. The summed E-state index contributed by atoms with van der Waals surface area (Å²) < 4.78 is 36.8. The predicted octanol–water partition coefficient (Wildman–Crippen LogP) is 5.23. The van der Waals surface area contributed by atoms with Gasteiger partial charge in [0.15, 0.2) is 0 Å². The SMILES string of the molecule is CC(SC(c1ccccc1)c1ccc(Cl)cc1)C(=O)NCC(F)(F)F. The Morgan fingerprint density at radius 3 is 2.20 bits per heavy atom. The van der Waals surface area contributed by atoms with Crippen molar-refractivity contribution in [2.24, 2.45) is 0 Å². The molecule has 7 heteroatoms. The number of rotatable bonds is 6. The number of thioether (sulfide) groups is 1. The quantitative estimate of drug-likeness (QED) is 0.735. The van der Waals surface area contributed by atoms with Crippen molar-refractivity contribution < 1.29 is 18.0 Å². The summed E-state index contributed by atoms with van der Waals surface area (Å²) in [4.78, 5) is 12.0. The van der Waals surface area contributed by atoms with Gasteiger partial charge in [0, 0.05) is 5.02 Å². The van der Waals surface area contributed by atoms with Crippen LogP contribution in [0.5, 0.6) is 0 Å². The van der Waals surface area contributed by atoms with Crippen molar-refractivity contribution in [2.75, 3.05) is 6.54 Å². The highest BCUT2D eigenvalue weighted by molar-refractivity contribution is 8.01. The Labute approximate surface area is 153 Å². The van der Waals surface area contributed by atoms with E-state index in [9.17, 15) is 18.0 Å². The van der Waals surface area contributed by atoms with E-state index in [2.05, 4.69) is 0 Å². The zero-order valence-electron chi connectivity index (χ0n) is 13.4. The average Bonchev–Trinajstić information content (AvgIpc) is 2.58. The van der Waals surface area contributed by atoms with Crippen LogP contribution in [0.15, 0.2) is 54.6 Å². The van der Waals surface area contributed by atoms with Crippen LogP contribution in [0.1, 0.15) is 23.3 Å². The van der Waals surface area contributed by atoms with Crippen molar-refractivity contribution in [3.8, 4) is 0 Å². The molecule has 25 heavy (non-hydrogen) atoms. The van der Waals surface area contributed by atoms with Crippen molar-refractivity contribution in [3.63, 3.8) is 0 Å². The Bertz CT molecular complexity index is 692. The maximum absolute atomic E-state index is 12.3.